The Kier molecular flexibility index (Phi) is 14.8. The first-order chi connectivity index (χ1) is 11.3. The Bertz CT molecular complexity index is 456. The van der Waals surface area contributed by atoms with Crippen LogP contribution in [0.3, 0.4) is 0 Å². The topological polar surface area (TPSA) is 54.9 Å². The molecule has 0 fully saturated rings. The second-order valence-electron chi connectivity index (χ2n) is 5.03. The summed E-state index contributed by atoms with van der Waals surface area (Å²) in [6.45, 7) is 10.7. The molecule has 0 unspecified atom stereocenters. The minimum Gasteiger partial charge on any atom is -0.494 e. The summed E-state index contributed by atoms with van der Waals surface area (Å²) in [4.78, 5) is 4.56. The molecule has 0 aliphatic carbocycles. The number of nitrogens with zero attached hydrogens (tertiary/aromatic N) is 1. The van der Waals surface area contributed by atoms with E-state index in [2.05, 4.69) is 28.6 Å². The quantitative estimate of drug-likeness (QED) is 0.236. The van der Waals surface area contributed by atoms with Gasteiger partial charge in [-0.1, -0.05) is 18.2 Å². The zero-order chi connectivity index (χ0) is 16.8. The molecule has 0 aliphatic rings. The number of ether oxygens (including phenoxy) is 2. The van der Waals surface area contributed by atoms with Crippen molar-refractivity contribution in [1.29, 1.82) is 0 Å². The molecule has 0 aliphatic heterocycles. The van der Waals surface area contributed by atoms with Gasteiger partial charge in [-0.2, -0.15) is 0 Å². The van der Waals surface area contributed by atoms with Gasteiger partial charge in [0, 0.05) is 32.8 Å². The van der Waals surface area contributed by atoms with Crippen LogP contribution in [0.25, 0.3) is 0 Å². The first kappa shape index (κ1) is 23.0. The Morgan fingerprint density at radius 2 is 1.88 bits per heavy atom. The lowest BCUT2D eigenvalue weighted by molar-refractivity contribution is 0.146. The van der Waals surface area contributed by atoms with Gasteiger partial charge in [0.15, 0.2) is 5.96 Å². The third kappa shape index (κ3) is 9.97. The molecular weight excluding hydrogens is 417 g/mol. The highest BCUT2D eigenvalue weighted by Gasteiger charge is 2.03. The molecule has 0 atom stereocenters. The van der Waals surface area contributed by atoms with E-state index >= 15 is 0 Å². The average Bonchev–Trinajstić information content (AvgIpc) is 2.56. The van der Waals surface area contributed by atoms with Crippen LogP contribution in [-0.4, -0.2) is 45.4 Å². The standard InChI is InChI=1S/C18H31N3O2.HI/c1-4-19-18(20-13-9-15-22-5-2)21-14-12-16-10-7-8-11-17(16)23-6-3;/h7-8,10-11H,4-6,9,12-15H2,1-3H3,(H2,19,20,21);1H. The number of hydrogen-bond donors (Lipinski definition) is 2. The normalized spacial score (nSPS) is 10.9. The SMILES string of the molecule is CCNC(=NCCCOCC)NCCc1ccccc1OCC.I. The summed E-state index contributed by atoms with van der Waals surface area (Å²) in [5.41, 5.74) is 1.22. The van der Waals surface area contributed by atoms with Crippen LogP contribution in [-0.2, 0) is 11.2 Å². The summed E-state index contributed by atoms with van der Waals surface area (Å²) in [5, 5.41) is 6.64. The zero-order valence-corrected chi connectivity index (χ0v) is 17.5. The van der Waals surface area contributed by atoms with Gasteiger partial charge >= 0.3 is 0 Å². The minimum absolute atomic E-state index is 0. The molecule has 0 radical (unpaired) electrons. The van der Waals surface area contributed by atoms with Crippen LogP contribution in [0.5, 0.6) is 5.75 Å². The fourth-order valence-electron chi connectivity index (χ4n) is 2.17. The maximum Gasteiger partial charge on any atom is 0.191 e. The molecule has 0 saturated heterocycles. The van der Waals surface area contributed by atoms with Gasteiger partial charge in [0.2, 0.25) is 0 Å². The van der Waals surface area contributed by atoms with E-state index in [4.69, 9.17) is 9.47 Å². The van der Waals surface area contributed by atoms with Gasteiger partial charge in [-0.25, -0.2) is 0 Å². The predicted octanol–water partition coefficient (Wildman–Crippen LogP) is 3.23. The molecule has 0 bridgehead atoms. The van der Waals surface area contributed by atoms with E-state index in [1.54, 1.807) is 0 Å². The van der Waals surface area contributed by atoms with Gasteiger partial charge in [0.05, 0.1) is 6.61 Å². The van der Waals surface area contributed by atoms with Gasteiger partial charge < -0.3 is 20.1 Å². The molecule has 0 heterocycles. The van der Waals surface area contributed by atoms with Crippen LogP contribution < -0.4 is 15.4 Å². The van der Waals surface area contributed by atoms with Crippen molar-refractivity contribution in [1.82, 2.24) is 10.6 Å². The van der Waals surface area contributed by atoms with E-state index in [9.17, 15) is 0 Å². The Labute approximate surface area is 163 Å². The number of para-hydroxylation sites is 1. The highest BCUT2D eigenvalue weighted by molar-refractivity contribution is 14.0. The second-order valence-corrected chi connectivity index (χ2v) is 5.03. The van der Waals surface area contributed by atoms with E-state index < -0.39 is 0 Å². The Morgan fingerprint density at radius 3 is 2.58 bits per heavy atom. The van der Waals surface area contributed by atoms with Crippen molar-refractivity contribution in [2.24, 2.45) is 4.99 Å². The summed E-state index contributed by atoms with van der Waals surface area (Å²) in [5.74, 6) is 1.83. The van der Waals surface area contributed by atoms with Gasteiger partial charge in [-0.3, -0.25) is 4.99 Å². The molecular formula is C18H32IN3O2. The van der Waals surface area contributed by atoms with E-state index in [-0.39, 0.29) is 24.0 Å². The van der Waals surface area contributed by atoms with Crippen molar-refractivity contribution < 1.29 is 9.47 Å². The van der Waals surface area contributed by atoms with Crippen LogP contribution in [0.1, 0.15) is 32.8 Å². The molecule has 6 heteroatoms. The van der Waals surface area contributed by atoms with Gasteiger partial charge in [0.1, 0.15) is 5.75 Å². The number of benzene rings is 1. The smallest absolute Gasteiger partial charge is 0.191 e. The van der Waals surface area contributed by atoms with Gasteiger partial charge in [-0.05, 0) is 45.2 Å². The van der Waals surface area contributed by atoms with Crippen LogP contribution in [0.15, 0.2) is 29.3 Å². The second kappa shape index (κ2) is 15.5. The molecule has 1 aromatic carbocycles. The minimum atomic E-state index is 0. The van der Waals surface area contributed by atoms with E-state index in [0.29, 0.717) is 6.61 Å². The highest BCUT2D eigenvalue weighted by Crippen LogP contribution is 2.17. The Morgan fingerprint density at radius 1 is 1.08 bits per heavy atom. The summed E-state index contributed by atoms with van der Waals surface area (Å²) in [7, 11) is 0. The Balaban J connectivity index is 0.00000529. The average molecular weight is 449 g/mol. The Hall–Kier alpha value is -1.02. The molecule has 0 aromatic heterocycles. The molecule has 5 nitrogen and oxygen atoms in total. The summed E-state index contributed by atoms with van der Waals surface area (Å²) in [6.07, 6.45) is 1.84. The molecule has 2 N–H and O–H groups in total. The lowest BCUT2D eigenvalue weighted by Gasteiger charge is -2.13. The van der Waals surface area contributed by atoms with Crippen LogP contribution in [0.2, 0.25) is 0 Å². The molecule has 0 spiro atoms. The maximum atomic E-state index is 5.66. The maximum absolute atomic E-state index is 5.66. The van der Waals surface area contributed by atoms with Crippen molar-refractivity contribution in [2.45, 2.75) is 33.6 Å². The molecule has 1 rings (SSSR count). The molecule has 0 amide bonds. The van der Waals surface area contributed by atoms with E-state index in [1.807, 2.05) is 32.0 Å². The van der Waals surface area contributed by atoms with Crippen LogP contribution >= 0.6 is 24.0 Å². The fourth-order valence-corrected chi connectivity index (χ4v) is 2.17. The first-order valence-electron chi connectivity index (χ1n) is 8.62. The molecule has 24 heavy (non-hydrogen) atoms. The summed E-state index contributed by atoms with van der Waals surface area (Å²) >= 11 is 0. The van der Waals surface area contributed by atoms with Crippen molar-refractivity contribution in [2.75, 3.05) is 39.5 Å². The van der Waals surface area contributed by atoms with Gasteiger partial charge in [-0.15, -0.1) is 24.0 Å². The van der Waals surface area contributed by atoms with Crippen molar-refractivity contribution in [3.8, 4) is 5.75 Å². The third-order valence-electron chi connectivity index (χ3n) is 3.22. The van der Waals surface area contributed by atoms with E-state index in [1.165, 1.54) is 5.56 Å². The zero-order valence-electron chi connectivity index (χ0n) is 15.1. The number of nitrogens with one attached hydrogen (secondary N) is 2. The van der Waals surface area contributed by atoms with Gasteiger partial charge in [0.25, 0.3) is 0 Å². The van der Waals surface area contributed by atoms with Crippen molar-refractivity contribution in [3.63, 3.8) is 0 Å². The van der Waals surface area contributed by atoms with Crippen molar-refractivity contribution >= 4 is 29.9 Å². The van der Waals surface area contributed by atoms with Crippen LogP contribution in [0, 0.1) is 0 Å². The lowest BCUT2D eigenvalue weighted by atomic mass is 10.1. The van der Waals surface area contributed by atoms with Crippen molar-refractivity contribution in [3.05, 3.63) is 29.8 Å². The monoisotopic (exact) mass is 449 g/mol. The van der Waals surface area contributed by atoms with Crippen LogP contribution in [0.4, 0.5) is 0 Å². The number of guanidine groups is 1. The van der Waals surface area contributed by atoms with E-state index in [0.717, 1.165) is 57.4 Å². The largest absolute Gasteiger partial charge is 0.494 e. The lowest BCUT2D eigenvalue weighted by Crippen LogP contribution is -2.38. The number of rotatable bonds is 11. The molecule has 0 saturated carbocycles. The summed E-state index contributed by atoms with van der Waals surface area (Å²) < 4.78 is 11.0. The molecule has 138 valence electrons. The predicted molar refractivity (Wildman–Crippen MR) is 112 cm³/mol. The third-order valence-corrected chi connectivity index (χ3v) is 3.22. The fraction of sp³-hybridized carbons (Fsp3) is 0.611. The first-order valence-corrected chi connectivity index (χ1v) is 8.62. The number of aliphatic imine (C=N–C) groups is 1. The number of halogens is 1. The summed E-state index contributed by atoms with van der Waals surface area (Å²) in [6, 6.07) is 8.18. The highest BCUT2D eigenvalue weighted by atomic mass is 127. The number of hydrogen-bond acceptors (Lipinski definition) is 3. The molecule has 1 aromatic rings.